The first kappa shape index (κ1) is 12.7. The van der Waals surface area contributed by atoms with Gasteiger partial charge < -0.3 is 10.5 Å². The van der Waals surface area contributed by atoms with Crippen molar-refractivity contribution < 1.29 is 9.13 Å². The van der Waals surface area contributed by atoms with Gasteiger partial charge in [0, 0.05) is 24.4 Å². The van der Waals surface area contributed by atoms with Crippen LogP contribution in [0.1, 0.15) is 43.7 Å². The Morgan fingerprint density at radius 2 is 2.21 bits per heavy atom. The van der Waals surface area contributed by atoms with Gasteiger partial charge in [-0.05, 0) is 43.9 Å². The van der Waals surface area contributed by atoms with Gasteiger partial charge in [0.1, 0.15) is 11.4 Å². The Balaban J connectivity index is 1.91. The predicted molar refractivity (Wildman–Crippen MR) is 73.0 cm³/mol. The number of allylic oxidation sites excluding steroid dienone is 1. The molecule has 1 aromatic rings. The largest absolute Gasteiger partial charge is 0.487 e. The van der Waals surface area contributed by atoms with Gasteiger partial charge in [-0.1, -0.05) is 12.1 Å². The summed E-state index contributed by atoms with van der Waals surface area (Å²) in [6.45, 7) is 3.87. The maximum absolute atomic E-state index is 14.2. The number of hydrogen-bond acceptors (Lipinski definition) is 2. The standard InChI is InChI=1S/C16H20FNO/c1-10-3-5-13(14(17)7-10)16(2)9-11-8-12(18)4-6-15(11)19-16/h3,5,7,12H,4,6,8-9,18H2,1-2H3. The van der Waals surface area contributed by atoms with Crippen LogP contribution in [0.2, 0.25) is 0 Å². The molecule has 1 aromatic carbocycles. The van der Waals surface area contributed by atoms with Crippen molar-refractivity contribution in [3.63, 3.8) is 0 Å². The molecule has 102 valence electrons. The van der Waals surface area contributed by atoms with Gasteiger partial charge in [-0.15, -0.1) is 0 Å². The highest BCUT2D eigenvalue weighted by atomic mass is 19.1. The van der Waals surface area contributed by atoms with Gasteiger partial charge >= 0.3 is 0 Å². The van der Waals surface area contributed by atoms with Crippen LogP contribution in [-0.2, 0) is 10.3 Å². The summed E-state index contributed by atoms with van der Waals surface area (Å²) in [5, 5.41) is 0. The van der Waals surface area contributed by atoms with Gasteiger partial charge in [0.2, 0.25) is 0 Å². The Bertz CT molecular complexity index is 552. The fraction of sp³-hybridized carbons (Fsp3) is 0.500. The Morgan fingerprint density at radius 1 is 1.42 bits per heavy atom. The number of halogens is 1. The lowest BCUT2D eigenvalue weighted by Gasteiger charge is -2.26. The molecule has 0 fully saturated rings. The minimum Gasteiger partial charge on any atom is -0.487 e. The van der Waals surface area contributed by atoms with E-state index in [0.717, 1.165) is 37.0 Å². The monoisotopic (exact) mass is 261 g/mol. The highest BCUT2D eigenvalue weighted by Crippen LogP contribution is 2.47. The minimum atomic E-state index is -0.563. The van der Waals surface area contributed by atoms with Crippen LogP contribution in [0.5, 0.6) is 0 Å². The molecule has 2 nitrogen and oxygen atoms in total. The average molecular weight is 261 g/mol. The molecular weight excluding hydrogens is 241 g/mol. The van der Waals surface area contributed by atoms with Crippen molar-refractivity contribution in [3.8, 4) is 0 Å². The lowest BCUT2D eigenvalue weighted by Crippen LogP contribution is -2.23. The number of benzene rings is 1. The Labute approximate surface area is 113 Å². The van der Waals surface area contributed by atoms with E-state index < -0.39 is 5.60 Å². The molecule has 3 rings (SSSR count). The molecule has 2 unspecified atom stereocenters. The van der Waals surface area contributed by atoms with E-state index in [4.69, 9.17) is 10.5 Å². The predicted octanol–water partition coefficient (Wildman–Crippen LogP) is 3.53. The quantitative estimate of drug-likeness (QED) is 0.839. The number of nitrogens with two attached hydrogens (primary N) is 1. The molecule has 0 bridgehead atoms. The van der Waals surface area contributed by atoms with Crippen molar-refractivity contribution >= 4 is 0 Å². The van der Waals surface area contributed by atoms with E-state index >= 15 is 0 Å². The Kier molecular flexibility index (Phi) is 2.90. The normalized spacial score (nSPS) is 30.2. The smallest absolute Gasteiger partial charge is 0.137 e. The average Bonchev–Trinajstić information content (AvgIpc) is 2.65. The molecule has 0 amide bonds. The second kappa shape index (κ2) is 4.34. The van der Waals surface area contributed by atoms with Crippen molar-refractivity contribution in [1.82, 2.24) is 0 Å². The number of hydrogen-bond donors (Lipinski definition) is 1. The summed E-state index contributed by atoms with van der Waals surface area (Å²) >= 11 is 0. The van der Waals surface area contributed by atoms with E-state index in [1.54, 1.807) is 6.07 Å². The molecule has 3 heteroatoms. The second-order valence-corrected chi connectivity index (χ2v) is 6.02. The van der Waals surface area contributed by atoms with Crippen LogP contribution in [0, 0.1) is 12.7 Å². The molecule has 1 aliphatic carbocycles. The maximum atomic E-state index is 14.2. The first-order valence-corrected chi connectivity index (χ1v) is 6.90. The lowest BCUT2D eigenvalue weighted by molar-refractivity contribution is 0.0324. The molecule has 0 aromatic heterocycles. The van der Waals surface area contributed by atoms with E-state index in [2.05, 4.69) is 0 Å². The number of aryl methyl sites for hydroxylation is 1. The third kappa shape index (κ3) is 2.16. The molecular formula is C16H20FNO. The van der Waals surface area contributed by atoms with Gasteiger partial charge in [-0.25, -0.2) is 4.39 Å². The molecule has 0 radical (unpaired) electrons. The molecule has 1 aliphatic heterocycles. The van der Waals surface area contributed by atoms with Gasteiger partial charge in [-0.2, -0.15) is 0 Å². The van der Waals surface area contributed by atoms with E-state index in [1.807, 2.05) is 26.0 Å². The van der Waals surface area contributed by atoms with Crippen LogP contribution in [0.25, 0.3) is 0 Å². The molecule has 0 saturated carbocycles. The summed E-state index contributed by atoms with van der Waals surface area (Å²) in [7, 11) is 0. The van der Waals surface area contributed by atoms with Crippen molar-refractivity contribution in [2.45, 2.75) is 51.2 Å². The van der Waals surface area contributed by atoms with Crippen molar-refractivity contribution in [2.75, 3.05) is 0 Å². The van der Waals surface area contributed by atoms with Crippen molar-refractivity contribution in [3.05, 3.63) is 46.5 Å². The maximum Gasteiger partial charge on any atom is 0.137 e. The van der Waals surface area contributed by atoms with Crippen LogP contribution >= 0.6 is 0 Å². The minimum absolute atomic E-state index is 0.174. The van der Waals surface area contributed by atoms with Crippen LogP contribution in [0.3, 0.4) is 0 Å². The topological polar surface area (TPSA) is 35.2 Å². The van der Waals surface area contributed by atoms with Crippen LogP contribution in [-0.4, -0.2) is 6.04 Å². The van der Waals surface area contributed by atoms with Crippen LogP contribution in [0.15, 0.2) is 29.5 Å². The summed E-state index contributed by atoms with van der Waals surface area (Å²) in [5.74, 6) is 0.871. The third-order valence-electron chi connectivity index (χ3n) is 4.24. The zero-order valence-electron chi connectivity index (χ0n) is 11.5. The zero-order valence-corrected chi connectivity index (χ0v) is 11.5. The summed E-state index contributed by atoms with van der Waals surface area (Å²) in [6, 6.07) is 5.60. The van der Waals surface area contributed by atoms with Gasteiger partial charge in [0.05, 0.1) is 5.76 Å². The second-order valence-electron chi connectivity index (χ2n) is 6.02. The van der Waals surface area contributed by atoms with Crippen molar-refractivity contribution in [2.24, 2.45) is 5.73 Å². The van der Waals surface area contributed by atoms with Crippen LogP contribution < -0.4 is 5.73 Å². The van der Waals surface area contributed by atoms with Gasteiger partial charge in [-0.3, -0.25) is 0 Å². The van der Waals surface area contributed by atoms with E-state index in [9.17, 15) is 4.39 Å². The summed E-state index contributed by atoms with van der Waals surface area (Å²) in [6.07, 6.45) is 3.50. The molecule has 0 saturated heterocycles. The van der Waals surface area contributed by atoms with E-state index in [0.29, 0.717) is 5.56 Å². The first-order valence-electron chi connectivity index (χ1n) is 6.90. The van der Waals surface area contributed by atoms with Gasteiger partial charge in [0.15, 0.2) is 0 Å². The molecule has 0 spiro atoms. The summed E-state index contributed by atoms with van der Waals surface area (Å²) in [5.41, 5.74) is 8.31. The first-order chi connectivity index (χ1) is 8.98. The summed E-state index contributed by atoms with van der Waals surface area (Å²) in [4.78, 5) is 0. The third-order valence-corrected chi connectivity index (χ3v) is 4.24. The summed E-state index contributed by atoms with van der Waals surface area (Å²) < 4.78 is 20.3. The highest BCUT2D eigenvalue weighted by molar-refractivity contribution is 5.34. The Morgan fingerprint density at radius 3 is 2.95 bits per heavy atom. The van der Waals surface area contributed by atoms with Crippen molar-refractivity contribution in [1.29, 1.82) is 0 Å². The molecule has 2 atom stereocenters. The lowest BCUT2D eigenvalue weighted by atomic mass is 9.85. The molecule has 19 heavy (non-hydrogen) atoms. The fourth-order valence-corrected chi connectivity index (χ4v) is 3.23. The zero-order chi connectivity index (χ0) is 13.6. The SMILES string of the molecule is Cc1ccc(C2(C)CC3=C(CCC(N)C3)O2)c(F)c1. The Hall–Kier alpha value is -1.35. The number of rotatable bonds is 1. The van der Waals surface area contributed by atoms with E-state index in [-0.39, 0.29) is 11.9 Å². The molecule has 1 heterocycles. The highest BCUT2D eigenvalue weighted by Gasteiger charge is 2.41. The van der Waals surface area contributed by atoms with E-state index in [1.165, 1.54) is 5.57 Å². The molecule has 2 N–H and O–H groups in total. The number of ether oxygens (including phenoxy) is 1. The van der Waals surface area contributed by atoms with Crippen LogP contribution in [0.4, 0.5) is 4.39 Å². The fourth-order valence-electron chi connectivity index (χ4n) is 3.23. The molecule has 2 aliphatic rings. The van der Waals surface area contributed by atoms with Gasteiger partial charge in [0.25, 0.3) is 0 Å².